The van der Waals surface area contributed by atoms with E-state index < -0.39 is 6.67 Å². The van der Waals surface area contributed by atoms with Crippen LogP contribution in [0.1, 0.15) is 11.1 Å². The van der Waals surface area contributed by atoms with Crippen LogP contribution >= 0.6 is 11.6 Å². The van der Waals surface area contributed by atoms with Gasteiger partial charge in [0, 0.05) is 10.6 Å². The lowest BCUT2D eigenvalue weighted by Crippen LogP contribution is -1.86. The Morgan fingerprint density at radius 2 is 2.18 bits per heavy atom. The van der Waals surface area contributed by atoms with Gasteiger partial charge < -0.3 is 5.11 Å². The van der Waals surface area contributed by atoms with Gasteiger partial charge in [0.15, 0.2) is 0 Å². The minimum atomic E-state index is -0.565. The molecule has 0 bridgehead atoms. The third kappa shape index (κ3) is 1.91. The van der Waals surface area contributed by atoms with Crippen LogP contribution in [-0.2, 0) is 13.3 Å². The molecule has 0 spiro atoms. The van der Waals surface area contributed by atoms with E-state index in [0.717, 1.165) is 0 Å². The Morgan fingerprint density at radius 3 is 2.64 bits per heavy atom. The maximum Gasteiger partial charge on any atom is 0.116 e. The van der Waals surface area contributed by atoms with Gasteiger partial charge in [0.25, 0.3) is 0 Å². The van der Waals surface area contributed by atoms with Gasteiger partial charge in [-0.3, -0.25) is 0 Å². The van der Waals surface area contributed by atoms with Crippen LogP contribution in [0, 0.1) is 0 Å². The molecule has 0 heterocycles. The topological polar surface area (TPSA) is 20.2 Å². The predicted molar refractivity (Wildman–Crippen MR) is 42.2 cm³/mol. The van der Waals surface area contributed by atoms with Crippen molar-refractivity contribution in [3.8, 4) is 0 Å². The number of aliphatic hydroxyl groups is 1. The molecule has 0 radical (unpaired) electrons. The molecule has 1 aromatic carbocycles. The molecule has 1 nitrogen and oxygen atoms in total. The van der Waals surface area contributed by atoms with Crippen LogP contribution in [0.2, 0.25) is 5.02 Å². The smallest absolute Gasteiger partial charge is 0.116 e. The van der Waals surface area contributed by atoms with E-state index in [1.54, 1.807) is 18.2 Å². The van der Waals surface area contributed by atoms with Crippen molar-refractivity contribution in [3.63, 3.8) is 0 Å². The molecule has 3 heteroatoms. The number of hydrogen-bond donors (Lipinski definition) is 1. The Kier molecular flexibility index (Phi) is 2.85. The zero-order chi connectivity index (χ0) is 8.27. The van der Waals surface area contributed by atoms with Crippen molar-refractivity contribution in [2.45, 2.75) is 13.3 Å². The molecule has 0 saturated carbocycles. The molecule has 11 heavy (non-hydrogen) atoms. The van der Waals surface area contributed by atoms with E-state index in [9.17, 15) is 4.39 Å². The first-order valence-corrected chi connectivity index (χ1v) is 3.60. The summed E-state index contributed by atoms with van der Waals surface area (Å²) in [7, 11) is 0. The summed E-state index contributed by atoms with van der Waals surface area (Å²) in [6, 6.07) is 4.80. The van der Waals surface area contributed by atoms with Gasteiger partial charge in [-0.05, 0) is 11.6 Å². The minimum absolute atomic E-state index is 0.0632. The first-order valence-electron chi connectivity index (χ1n) is 3.22. The molecule has 0 aliphatic rings. The zero-order valence-electron chi connectivity index (χ0n) is 5.85. The van der Waals surface area contributed by atoms with Crippen LogP contribution in [0.5, 0.6) is 0 Å². The molecule has 0 amide bonds. The number of aliphatic hydroxyl groups excluding tert-OH is 1. The first kappa shape index (κ1) is 8.50. The second-order valence-corrected chi connectivity index (χ2v) is 2.62. The summed E-state index contributed by atoms with van der Waals surface area (Å²) >= 11 is 5.66. The summed E-state index contributed by atoms with van der Waals surface area (Å²) < 4.78 is 12.1. The second kappa shape index (κ2) is 3.69. The van der Waals surface area contributed by atoms with Crippen LogP contribution in [0.4, 0.5) is 4.39 Å². The van der Waals surface area contributed by atoms with E-state index in [1.807, 2.05) is 0 Å². The number of benzene rings is 1. The van der Waals surface area contributed by atoms with E-state index in [2.05, 4.69) is 0 Å². The summed E-state index contributed by atoms with van der Waals surface area (Å²) in [5.41, 5.74) is 1.16. The molecular formula is C8H8ClFO. The highest BCUT2D eigenvalue weighted by molar-refractivity contribution is 6.31. The Labute approximate surface area is 69.4 Å². The van der Waals surface area contributed by atoms with Gasteiger partial charge in [-0.2, -0.15) is 0 Å². The molecule has 0 aromatic heterocycles. The molecule has 0 fully saturated rings. The number of rotatable bonds is 2. The van der Waals surface area contributed by atoms with E-state index in [0.29, 0.717) is 16.1 Å². The molecule has 1 aromatic rings. The molecular weight excluding hydrogens is 167 g/mol. The second-order valence-electron chi connectivity index (χ2n) is 2.22. The fourth-order valence-corrected chi connectivity index (χ4v) is 1.05. The average Bonchev–Trinajstić information content (AvgIpc) is 2.04. The maximum atomic E-state index is 12.1. The lowest BCUT2D eigenvalue weighted by molar-refractivity contribution is 0.282. The van der Waals surface area contributed by atoms with Gasteiger partial charge in [0.1, 0.15) is 6.67 Å². The highest BCUT2D eigenvalue weighted by Crippen LogP contribution is 2.18. The quantitative estimate of drug-likeness (QED) is 0.730. The molecule has 0 saturated heterocycles. The van der Waals surface area contributed by atoms with Crippen LogP contribution in [0.15, 0.2) is 18.2 Å². The fourth-order valence-electron chi connectivity index (χ4n) is 0.798. The molecule has 0 aliphatic carbocycles. The van der Waals surface area contributed by atoms with Crippen LogP contribution in [0.3, 0.4) is 0 Å². The summed E-state index contributed by atoms with van der Waals surface area (Å²) in [5, 5.41) is 9.05. The van der Waals surface area contributed by atoms with Crippen molar-refractivity contribution in [3.05, 3.63) is 34.3 Å². The average molecular weight is 175 g/mol. The summed E-state index contributed by atoms with van der Waals surface area (Å²) in [6.07, 6.45) is 0. The SMILES string of the molecule is OCc1ccc(CF)c(Cl)c1. The number of alkyl halides is 1. The van der Waals surface area contributed by atoms with Crippen molar-refractivity contribution in [1.82, 2.24) is 0 Å². The van der Waals surface area contributed by atoms with Crippen molar-refractivity contribution in [2.24, 2.45) is 0 Å². The highest BCUT2D eigenvalue weighted by Gasteiger charge is 1.99. The monoisotopic (exact) mass is 174 g/mol. The molecule has 0 atom stereocenters. The third-order valence-electron chi connectivity index (χ3n) is 1.44. The van der Waals surface area contributed by atoms with Crippen LogP contribution in [-0.4, -0.2) is 5.11 Å². The Hall–Kier alpha value is -0.600. The maximum absolute atomic E-state index is 12.1. The lowest BCUT2D eigenvalue weighted by atomic mass is 10.1. The minimum Gasteiger partial charge on any atom is -0.392 e. The standard InChI is InChI=1S/C8H8ClFO/c9-8-3-6(5-11)1-2-7(8)4-10/h1-3,11H,4-5H2. The Morgan fingerprint density at radius 1 is 1.45 bits per heavy atom. The van der Waals surface area contributed by atoms with Gasteiger partial charge in [-0.15, -0.1) is 0 Å². The summed E-state index contributed by atoms with van der Waals surface area (Å²) in [5.74, 6) is 0. The molecule has 1 rings (SSSR count). The van der Waals surface area contributed by atoms with E-state index >= 15 is 0 Å². The molecule has 0 aliphatic heterocycles. The van der Waals surface area contributed by atoms with Crippen molar-refractivity contribution in [1.29, 1.82) is 0 Å². The highest BCUT2D eigenvalue weighted by atomic mass is 35.5. The van der Waals surface area contributed by atoms with Gasteiger partial charge in [-0.1, -0.05) is 23.7 Å². The van der Waals surface area contributed by atoms with Crippen molar-refractivity contribution >= 4 is 11.6 Å². The van der Waals surface area contributed by atoms with Crippen molar-refractivity contribution in [2.75, 3.05) is 0 Å². The number of halogens is 2. The van der Waals surface area contributed by atoms with Gasteiger partial charge >= 0.3 is 0 Å². The Balaban J connectivity index is 2.99. The third-order valence-corrected chi connectivity index (χ3v) is 1.80. The molecule has 1 N–H and O–H groups in total. The zero-order valence-corrected chi connectivity index (χ0v) is 6.61. The largest absolute Gasteiger partial charge is 0.392 e. The number of hydrogen-bond acceptors (Lipinski definition) is 1. The van der Waals surface area contributed by atoms with Gasteiger partial charge in [-0.25, -0.2) is 4.39 Å². The fraction of sp³-hybridized carbons (Fsp3) is 0.250. The molecule has 60 valence electrons. The van der Waals surface area contributed by atoms with E-state index in [1.165, 1.54) is 0 Å². The van der Waals surface area contributed by atoms with Crippen molar-refractivity contribution < 1.29 is 9.50 Å². The van der Waals surface area contributed by atoms with E-state index in [4.69, 9.17) is 16.7 Å². The van der Waals surface area contributed by atoms with Crippen LogP contribution in [0.25, 0.3) is 0 Å². The Bertz CT molecular complexity index is 250. The summed E-state index contributed by atoms with van der Waals surface area (Å²) in [6.45, 7) is -0.628. The normalized spacial score (nSPS) is 10.1. The summed E-state index contributed by atoms with van der Waals surface area (Å²) in [4.78, 5) is 0. The van der Waals surface area contributed by atoms with Gasteiger partial charge in [0.2, 0.25) is 0 Å². The van der Waals surface area contributed by atoms with Gasteiger partial charge in [0.05, 0.1) is 6.61 Å². The predicted octanol–water partition coefficient (Wildman–Crippen LogP) is 2.30. The van der Waals surface area contributed by atoms with E-state index in [-0.39, 0.29) is 6.61 Å². The first-order chi connectivity index (χ1) is 5.27. The molecule has 0 unspecified atom stereocenters. The van der Waals surface area contributed by atoms with Crippen LogP contribution < -0.4 is 0 Å². The lowest BCUT2D eigenvalue weighted by Gasteiger charge is -2.00.